The maximum Gasteiger partial charge on any atom is 0.339 e. The number of nitro groups is 2. The molecule has 24 heavy (non-hydrogen) atoms. The molecule has 0 aromatic heterocycles. The Morgan fingerprint density at radius 2 is 1.88 bits per heavy atom. The Bertz CT molecular complexity index is 627. The van der Waals surface area contributed by atoms with E-state index in [1.807, 2.05) is 5.43 Å². The zero-order chi connectivity index (χ0) is 18.1. The highest BCUT2D eigenvalue weighted by molar-refractivity contribution is 5.78. The van der Waals surface area contributed by atoms with Gasteiger partial charge in [-0.1, -0.05) is 0 Å². The zero-order valence-corrected chi connectivity index (χ0v) is 12.5. The number of nitrogens with zero attached hydrogens (tertiary/aromatic N) is 3. The van der Waals surface area contributed by atoms with E-state index in [0.717, 1.165) is 12.1 Å². The van der Waals surface area contributed by atoms with Gasteiger partial charge in [0.25, 0.3) is 5.69 Å². The summed E-state index contributed by atoms with van der Waals surface area (Å²) in [5, 5.41) is 20.3. The van der Waals surface area contributed by atoms with E-state index in [9.17, 15) is 25.0 Å². The molecule has 1 rings (SSSR count). The van der Waals surface area contributed by atoms with Gasteiger partial charge < -0.3 is 16.2 Å². The van der Waals surface area contributed by atoms with Crippen molar-refractivity contribution >= 4 is 17.6 Å². The van der Waals surface area contributed by atoms with Gasteiger partial charge >= 0.3 is 5.97 Å². The van der Waals surface area contributed by atoms with Crippen molar-refractivity contribution < 1.29 is 19.5 Å². The third-order valence-electron chi connectivity index (χ3n) is 2.76. The lowest BCUT2D eigenvalue weighted by molar-refractivity contribution is -0.548. The van der Waals surface area contributed by atoms with Crippen LogP contribution in [0.1, 0.15) is 12.8 Å². The van der Waals surface area contributed by atoms with Gasteiger partial charge in [0.2, 0.25) is 0 Å². The quantitative estimate of drug-likeness (QED) is 0.103. The van der Waals surface area contributed by atoms with Crippen LogP contribution in [0.4, 0.5) is 5.69 Å². The van der Waals surface area contributed by atoms with Crippen molar-refractivity contribution in [2.45, 2.75) is 18.9 Å². The van der Waals surface area contributed by atoms with Crippen molar-refractivity contribution in [1.29, 1.82) is 0 Å². The number of nitrogens with two attached hydrogens (primary N) is 2. The maximum absolute atomic E-state index is 12.0. The maximum atomic E-state index is 12.0. The largest absolute Gasteiger partial charge is 0.425 e. The molecule has 5 N–H and O–H groups in total. The molecule has 12 heteroatoms. The SMILES string of the molecule is NC(N)=NCCC[C@H](N[N+](=O)[O-])C(=O)Oc1ccc([N+](=O)[O-])cc1. The first-order chi connectivity index (χ1) is 11.3. The monoisotopic (exact) mass is 340 g/mol. The molecule has 0 radical (unpaired) electrons. The van der Waals surface area contributed by atoms with Crippen LogP contribution in [0.25, 0.3) is 0 Å². The molecule has 0 saturated heterocycles. The summed E-state index contributed by atoms with van der Waals surface area (Å²) in [4.78, 5) is 36.2. The number of hydrazine groups is 1. The molecule has 1 atom stereocenters. The van der Waals surface area contributed by atoms with Crippen molar-refractivity contribution in [3.05, 3.63) is 44.5 Å². The van der Waals surface area contributed by atoms with Gasteiger partial charge in [-0.15, -0.1) is 5.43 Å². The van der Waals surface area contributed by atoms with Crippen molar-refractivity contribution in [1.82, 2.24) is 5.43 Å². The Labute approximate surface area is 135 Å². The minimum Gasteiger partial charge on any atom is -0.425 e. The number of carbonyl (C=O) groups excluding carboxylic acids is 1. The van der Waals surface area contributed by atoms with Crippen molar-refractivity contribution in [3.63, 3.8) is 0 Å². The topological polar surface area (TPSA) is 189 Å². The number of ether oxygens (including phenoxy) is 1. The molecular formula is C12H16N6O6. The Balaban J connectivity index is 2.67. The molecule has 12 nitrogen and oxygen atoms in total. The third-order valence-corrected chi connectivity index (χ3v) is 2.76. The fourth-order valence-electron chi connectivity index (χ4n) is 1.69. The summed E-state index contributed by atoms with van der Waals surface area (Å²) in [5.41, 5.74) is 12.0. The number of benzene rings is 1. The van der Waals surface area contributed by atoms with Gasteiger partial charge in [-0.2, -0.15) is 0 Å². The van der Waals surface area contributed by atoms with Crippen LogP contribution in [-0.4, -0.2) is 34.5 Å². The molecule has 1 aromatic carbocycles. The Morgan fingerprint density at radius 1 is 1.25 bits per heavy atom. The number of hydrogen-bond donors (Lipinski definition) is 3. The van der Waals surface area contributed by atoms with E-state index >= 15 is 0 Å². The molecule has 0 bridgehead atoms. The highest BCUT2D eigenvalue weighted by atomic mass is 16.7. The molecule has 0 spiro atoms. The molecule has 0 amide bonds. The van der Waals surface area contributed by atoms with Crippen molar-refractivity contribution in [3.8, 4) is 5.75 Å². The van der Waals surface area contributed by atoms with E-state index in [-0.39, 0.29) is 30.4 Å². The first-order valence-corrected chi connectivity index (χ1v) is 6.71. The molecular weight excluding hydrogens is 324 g/mol. The fourth-order valence-corrected chi connectivity index (χ4v) is 1.69. The summed E-state index contributed by atoms with van der Waals surface area (Å²) in [6, 6.07) is 3.52. The van der Waals surface area contributed by atoms with E-state index < -0.39 is 22.0 Å². The minimum atomic E-state index is -1.22. The second-order valence-corrected chi connectivity index (χ2v) is 4.56. The van der Waals surface area contributed by atoms with E-state index in [2.05, 4.69) is 4.99 Å². The fraction of sp³-hybridized carbons (Fsp3) is 0.333. The number of hydrogen-bond acceptors (Lipinski definition) is 7. The number of carbonyl (C=O) groups is 1. The number of guanidine groups is 1. The second-order valence-electron chi connectivity index (χ2n) is 4.56. The van der Waals surface area contributed by atoms with Crippen LogP contribution in [-0.2, 0) is 4.79 Å². The number of aliphatic imine (C=N–C) groups is 1. The third kappa shape index (κ3) is 6.55. The van der Waals surface area contributed by atoms with Crippen molar-refractivity contribution in [2.75, 3.05) is 6.54 Å². The first kappa shape index (κ1) is 18.6. The lowest BCUT2D eigenvalue weighted by Gasteiger charge is -2.12. The summed E-state index contributed by atoms with van der Waals surface area (Å²) in [6.07, 6.45) is 0.363. The lowest BCUT2D eigenvalue weighted by Crippen LogP contribution is -2.42. The van der Waals surface area contributed by atoms with Crippen LogP contribution in [0.5, 0.6) is 5.75 Å². The molecule has 0 aliphatic heterocycles. The van der Waals surface area contributed by atoms with Gasteiger partial charge in [-0.05, 0) is 25.0 Å². The standard InChI is InChI=1S/C12H16N6O6/c13-12(14)15-7-1-2-10(16-18(22)23)11(19)24-9-5-3-8(4-6-9)17(20)21/h3-6,10,16H,1-2,7H2,(H4,13,14,15)/t10-/m0/s1. The van der Waals surface area contributed by atoms with Crippen LogP contribution >= 0.6 is 0 Å². The summed E-state index contributed by atoms with van der Waals surface area (Å²) in [5.74, 6) is -0.988. The van der Waals surface area contributed by atoms with Crippen LogP contribution in [0.3, 0.4) is 0 Å². The Kier molecular flexibility index (Phi) is 6.88. The zero-order valence-electron chi connectivity index (χ0n) is 12.5. The first-order valence-electron chi connectivity index (χ1n) is 6.71. The molecule has 0 unspecified atom stereocenters. The highest BCUT2D eigenvalue weighted by Gasteiger charge is 2.25. The Morgan fingerprint density at radius 3 is 2.38 bits per heavy atom. The highest BCUT2D eigenvalue weighted by Crippen LogP contribution is 2.18. The van der Waals surface area contributed by atoms with E-state index in [1.165, 1.54) is 12.1 Å². The molecule has 130 valence electrons. The van der Waals surface area contributed by atoms with Crippen molar-refractivity contribution in [2.24, 2.45) is 16.5 Å². The number of nitrogens with one attached hydrogen (secondary N) is 1. The smallest absolute Gasteiger partial charge is 0.339 e. The molecule has 0 fully saturated rings. The number of non-ortho nitro benzene ring substituents is 1. The van der Waals surface area contributed by atoms with Gasteiger partial charge in [-0.25, -0.2) is 14.9 Å². The van der Waals surface area contributed by atoms with Crippen LogP contribution in [0.15, 0.2) is 29.3 Å². The van der Waals surface area contributed by atoms with Gasteiger partial charge in [0.15, 0.2) is 17.0 Å². The lowest BCUT2D eigenvalue weighted by atomic mass is 10.1. The summed E-state index contributed by atoms with van der Waals surface area (Å²) < 4.78 is 4.98. The minimum absolute atomic E-state index is 0.0324. The molecule has 1 aromatic rings. The number of nitro benzene ring substituents is 1. The predicted octanol–water partition coefficient (Wildman–Crippen LogP) is -0.296. The van der Waals surface area contributed by atoms with E-state index in [0.29, 0.717) is 6.42 Å². The van der Waals surface area contributed by atoms with Gasteiger partial charge in [0.1, 0.15) is 5.75 Å². The summed E-state index contributed by atoms with van der Waals surface area (Å²) in [7, 11) is 0. The number of rotatable bonds is 9. The Hall–Kier alpha value is -3.44. The van der Waals surface area contributed by atoms with E-state index in [4.69, 9.17) is 16.2 Å². The average Bonchev–Trinajstić information content (AvgIpc) is 2.50. The number of esters is 1. The summed E-state index contributed by atoms with van der Waals surface area (Å²) in [6.45, 7) is 0.197. The van der Waals surface area contributed by atoms with E-state index in [1.54, 1.807) is 0 Å². The molecule has 0 aliphatic carbocycles. The second kappa shape index (κ2) is 8.87. The van der Waals surface area contributed by atoms with Gasteiger partial charge in [0.05, 0.1) is 4.92 Å². The van der Waals surface area contributed by atoms with Gasteiger partial charge in [-0.3, -0.25) is 15.1 Å². The normalized spacial score (nSPS) is 11.2. The predicted molar refractivity (Wildman–Crippen MR) is 82.6 cm³/mol. The molecule has 0 aliphatic rings. The van der Waals surface area contributed by atoms with Crippen LogP contribution in [0.2, 0.25) is 0 Å². The molecule has 0 heterocycles. The van der Waals surface area contributed by atoms with Gasteiger partial charge in [0, 0.05) is 18.7 Å². The average molecular weight is 340 g/mol. The summed E-state index contributed by atoms with van der Waals surface area (Å²) >= 11 is 0. The van der Waals surface area contributed by atoms with Crippen LogP contribution in [0, 0.1) is 20.2 Å². The van der Waals surface area contributed by atoms with Crippen LogP contribution < -0.4 is 21.6 Å². The molecule has 0 saturated carbocycles.